The maximum absolute atomic E-state index is 10.2. The molecular formula is C4H5BO5. The van der Waals surface area contributed by atoms with Crippen molar-refractivity contribution in [2.75, 3.05) is 0 Å². The van der Waals surface area contributed by atoms with Gasteiger partial charge in [-0.15, -0.1) is 0 Å². The Hall–Kier alpha value is -1.04. The van der Waals surface area contributed by atoms with Gasteiger partial charge < -0.3 is 14.9 Å². The Morgan fingerprint density at radius 2 is 2.10 bits per heavy atom. The van der Waals surface area contributed by atoms with Crippen LogP contribution in [0.2, 0.25) is 0 Å². The van der Waals surface area contributed by atoms with E-state index in [1.807, 2.05) is 0 Å². The van der Waals surface area contributed by atoms with Crippen molar-refractivity contribution in [3.05, 3.63) is 0 Å². The van der Waals surface area contributed by atoms with Gasteiger partial charge in [0.2, 0.25) is 0 Å². The number of hydrogen-bond acceptors (Lipinski definition) is 4. The van der Waals surface area contributed by atoms with Crippen LogP contribution in [0.3, 0.4) is 0 Å². The average molecular weight is 144 g/mol. The van der Waals surface area contributed by atoms with Gasteiger partial charge in [-0.3, -0.25) is 4.79 Å². The van der Waals surface area contributed by atoms with Crippen molar-refractivity contribution in [1.82, 2.24) is 0 Å². The molecule has 0 saturated carbocycles. The zero-order chi connectivity index (χ0) is 8.15. The van der Waals surface area contributed by atoms with Crippen LogP contribution in [-0.2, 0) is 14.2 Å². The number of carbonyl (C=O) groups excluding carboxylic acids is 1. The summed E-state index contributed by atoms with van der Waals surface area (Å²) >= 11 is 0. The highest BCUT2D eigenvalue weighted by atomic mass is 16.5. The van der Waals surface area contributed by atoms with E-state index in [4.69, 9.17) is 10.2 Å². The number of aliphatic hydroxyl groups is 1. The fourth-order valence-electron chi connectivity index (χ4n) is 0.293. The lowest BCUT2D eigenvalue weighted by atomic mass is 10.2. The lowest BCUT2D eigenvalue weighted by molar-refractivity contribution is -0.151. The van der Waals surface area contributed by atoms with Crippen molar-refractivity contribution >= 4 is 20.0 Å². The molecule has 0 rings (SSSR count). The first-order valence-corrected chi connectivity index (χ1v) is 2.38. The molecular weight excluding hydrogens is 139 g/mol. The van der Waals surface area contributed by atoms with E-state index in [1.54, 1.807) is 0 Å². The molecule has 0 aromatic heterocycles. The number of carbonyl (C=O) groups is 2. The molecule has 6 heteroatoms. The fraction of sp³-hybridized carbons (Fsp3) is 0.500. The molecule has 0 saturated heterocycles. The van der Waals surface area contributed by atoms with Gasteiger partial charge in [0.25, 0.3) is 5.97 Å². The van der Waals surface area contributed by atoms with Crippen molar-refractivity contribution in [2.24, 2.45) is 0 Å². The van der Waals surface area contributed by atoms with Gasteiger partial charge in [0.15, 0.2) is 6.10 Å². The third-order valence-corrected chi connectivity index (χ3v) is 0.777. The average Bonchev–Trinajstić information content (AvgIpc) is 1.87. The van der Waals surface area contributed by atoms with Crippen molar-refractivity contribution in [2.45, 2.75) is 12.5 Å². The van der Waals surface area contributed by atoms with Crippen LogP contribution in [-0.4, -0.2) is 36.3 Å². The highest BCUT2D eigenvalue weighted by molar-refractivity contribution is 6.05. The fourth-order valence-corrected chi connectivity index (χ4v) is 0.293. The summed E-state index contributed by atoms with van der Waals surface area (Å²) in [4.78, 5) is 20.0. The Morgan fingerprint density at radius 3 is 2.40 bits per heavy atom. The SMILES string of the molecule is [B]OC(=O)CC(O)C(=O)O. The van der Waals surface area contributed by atoms with Gasteiger partial charge in [0.05, 0.1) is 6.42 Å². The van der Waals surface area contributed by atoms with Crippen LogP contribution in [0.15, 0.2) is 0 Å². The van der Waals surface area contributed by atoms with E-state index in [2.05, 4.69) is 12.7 Å². The van der Waals surface area contributed by atoms with Gasteiger partial charge in [-0.2, -0.15) is 0 Å². The Kier molecular flexibility index (Phi) is 3.49. The maximum atomic E-state index is 10.2. The van der Waals surface area contributed by atoms with Crippen LogP contribution in [0.4, 0.5) is 0 Å². The second kappa shape index (κ2) is 3.89. The first-order chi connectivity index (χ1) is 4.57. The van der Waals surface area contributed by atoms with Gasteiger partial charge >= 0.3 is 14.0 Å². The minimum absolute atomic E-state index is 0.633. The third kappa shape index (κ3) is 3.08. The Balaban J connectivity index is 3.68. The second-order valence-electron chi connectivity index (χ2n) is 1.55. The summed E-state index contributed by atoms with van der Waals surface area (Å²) in [7, 11) is 4.37. The van der Waals surface area contributed by atoms with Gasteiger partial charge in [0, 0.05) is 0 Å². The van der Waals surface area contributed by atoms with Crippen LogP contribution >= 0.6 is 0 Å². The largest absolute Gasteiger partial charge is 0.543 e. The molecule has 2 N–H and O–H groups in total. The van der Waals surface area contributed by atoms with Crippen molar-refractivity contribution < 1.29 is 24.5 Å². The van der Waals surface area contributed by atoms with Gasteiger partial charge in [-0.05, 0) is 0 Å². The minimum atomic E-state index is -1.74. The molecule has 1 atom stereocenters. The highest BCUT2D eigenvalue weighted by Gasteiger charge is 2.17. The van der Waals surface area contributed by atoms with E-state index in [0.717, 1.165) is 0 Å². The summed E-state index contributed by atoms with van der Waals surface area (Å²) in [5.74, 6) is -2.44. The van der Waals surface area contributed by atoms with E-state index >= 15 is 0 Å². The molecule has 10 heavy (non-hydrogen) atoms. The molecule has 1 unspecified atom stereocenters. The van der Waals surface area contributed by atoms with Crippen LogP contribution < -0.4 is 0 Å². The number of carboxylic acid groups (broad SMARTS) is 1. The second-order valence-corrected chi connectivity index (χ2v) is 1.55. The number of aliphatic hydroxyl groups excluding tert-OH is 1. The molecule has 0 spiro atoms. The monoisotopic (exact) mass is 144 g/mol. The number of aliphatic carboxylic acids is 1. The van der Waals surface area contributed by atoms with Crippen LogP contribution in [0.5, 0.6) is 0 Å². The number of carboxylic acids is 1. The number of rotatable bonds is 3. The lowest BCUT2D eigenvalue weighted by Crippen LogP contribution is -2.23. The molecule has 0 aliphatic heterocycles. The van der Waals surface area contributed by atoms with Crippen LogP contribution in [0.25, 0.3) is 0 Å². The normalized spacial score (nSPS) is 12.1. The van der Waals surface area contributed by atoms with E-state index in [0.29, 0.717) is 0 Å². The lowest BCUT2D eigenvalue weighted by Gasteiger charge is -2.01. The van der Waals surface area contributed by atoms with Crippen LogP contribution in [0.1, 0.15) is 6.42 Å². The predicted octanol–water partition coefficient (Wildman–Crippen LogP) is -1.55. The van der Waals surface area contributed by atoms with E-state index in [9.17, 15) is 9.59 Å². The zero-order valence-electron chi connectivity index (χ0n) is 4.98. The summed E-state index contributed by atoms with van der Waals surface area (Å²) in [6.07, 6.45) is -2.37. The topological polar surface area (TPSA) is 83.8 Å². The first kappa shape index (κ1) is 8.96. The van der Waals surface area contributed by atoms with E-state index in [1.165, 1.54) is 0 Å². The summed E-state index contributed by atoms with van der Waals surface area (Å²) < 4.78 is 3.61. The predicted molar refractivity (Wildman–Crippen MR) is 30.1 cm³/mol. The Morgan fingerprint density at radius 1 is 1.60 bits per heavy atom. The van der Waals surface area contributed by atoms with Gasteiger partial charge in [-0.25, -0.2) is 4.79 Å². The third-order valence-electron chi connectivity index (χ3n) is 0.777. The molecule has 0 fully saturated rings. The first-order valence-electron chi connectivity index (χ1n) is 2.38. The van der Waals surface area contributed by atoms with E-state index < -0.39 is 24.5 Å². The summed E-state index contributed by atoms with van der Waals surface area (Å²) in [6.45, 7) is 0. The molecule has 0 aromatic rings. The summed E-state index contributed by atoms with van der Waals surface area (Å²) in [6, 6.07) is 0. The smallest absolute Gasteiger partial charge is 0.378 e. The molecule has 54 valence electrons. The molecule has 0 amide bonds. The molecule has 0 bridgehead atoms. The molecule has 0 aromatic carbocycles. The molecule has 0 aliphatic rings. The maximum Gasteiger partial charge on any atom is 0.378 e. The Bertz CT molecular complexity index is 145. The molecule has 0 heterocycles. The summed E-state index contributed by atoms with van der Waals surface area (Å²) in [5, 5.41) is 16.5. The van der Waals surface area contributed by atoms with Gasteiger partial charge in [0.1, 0.15) is 0 Å². The van der Waals surface area contributed by atoms with Crippen molar-refractivity contribution in [3.63, 3.8) is 0 Å². The highest BCUT2D eigenvalue weighted by Crippen LogP contribution is 1.92. The van der Waals surface area contributed by atoms with Crippen LogP contribution in [0, 0.1) is 0 Å². The molecule has 2 radical (unpaired) electrons. The van der Waals surface area contributed by atoms with Gasteiger partial charge in [-0.1, -0.05) is 0 Å². The van der Waals surface area contributed by atoms with Crippen molar-refractivity contribution in [3.8, 4) is 0 Å². The zero-order valence-corrected chi connectivity index (χ0v) is 4.98. The van der Waals surface area contributed by atoms with E-state index in [-0.39, 0.29) is 0 Å². The quantitative estimate of drug-likeness (QED) is 0.468. The molecule has 0 aliphatic carbocycles. The standard InChI is InChI=1S/C4H5BO5/c5-10-3(7)1-2(6)4(8)9/h2,6H,1H2,(H,8,9). The number of hydrogen-bond donors (Lipinski definition) is 2. The minimum Gasteiger partial charge on any atom is -0.543 e. The molecule has 5 nitrogen and oxygen atoms in total. The Labute approximate surface area is 58.0 Å². The van der Waals surface area contributed by atoms with Crippen molar-refractivity contribution in [1.29, 1.82) is 0 Å². The summed E-state index contributed by atoms with van der Waals surface area (Å²) in [5.41, 5.74) is 0.